The van der Waals surface area contributed by atoms with Crippen LogP contribution in [0.15, 0.2) is 0 Å². The summed E-state index contributed by atoms with van der Waals surface area (Å²) in [5.74, 6) is 0. The Morgan fingerprint density at radius 2 is 1.13 bits per heavy atom. The average molecular weight is 246 g/mol. The maximum absolute atomic E-state index is 3.68. The molecule has 1 N–H and O–H groups in total. The second-order valence-corrected chi connectivity index (χ2v) is 1.31. The minimum Gasteiger partial charge on any atom is -0.358 e. The number of nitrogens with one attached hydrogen (secondary N) is 1. The van der Waals surface area contributed by atoms with E-state index in [4.69, 9.17) is 0 Å². The molecule has 0 aliphatic heterocycles. The Morgan fingerprint density at radius 1 is 0.867 bits per heavy atom. The molecule has 0 spiro atoms. The molecule has 2 heteroatoms. The molecule has 0 fully saturated rings. The molecular formula is C13H36KN-2. The Bertz CT molecular complexity index is 22.5. The van der Waals surface area contributed by atoms with Crippen LogP contribution >= 0.6 is 0 Å². The van der Waals surface area contributed by atoms with E-state index in [0.29, 0.717) is 0 Å². The zero-order chi connectivity index (χ0) is 10.8. The van der Waals surface area contributed by atoms with Gasteiger partial charge in [0, 0.05) is 0 Å². The summed E-state index contributed by atoms with van der Waals surface area (Å²) in [5, 5.41) is 3.03. The SMILES string of the molecule is CC.CC.CC.[CH2-]CCCNC.[CH3-].[CH3-].[K+]. The van der Waals surface area contributed by atoms with Gasteiger partial charge in [-0.2, -0.15) is 6.42 Å². The molecular weight excluding hydrogens is 209 g/mol. The van der Waals surface area contributed by atoms with Crippen molar-refractivity contribution in [2.45, 2.75) is 54.4 Å². The summed E-state index contributed by atoms with van der Waals surface area (Å²) < 4.78 is 0. The summed E-state index contributed by atoms with van der Waals surface area (Å²) in [6.07, 6.45) is 2.23. The Hall–Kier alpha value is 1.60. The molecule has 0 saturated carbocycles. The second kappa shape index (κ2) is 106. The quantitative estimate of drug-likeness (QED) is 0.454. The molecule has 1 nitrogen and oxygen atoms in total. The van der Waals surface area contributed by atoms with Gasteiger partial charge >= 0.3 is 51.4 Å². The predicted octanol–water partition coefficient (Wildman–Crippen LogP) is 1.80. The first kappa shape index (κ1) is 43.8. The van der Waals surface area contributed by atoms with Gasteiger partial charge in [-0.3, -0.25) is 0 Å². The summed E-state index contributed by atoms with van der Waals surface area (Å²) in [7, 11) is 1.95. The third-order valence-electron chi connectivity index (χ3n) is 0.677. The number of hydrogen-bond donors (Lipinski definition) is 1. The van der Waals surface area contributed by atoms with Crippen LogP contribution in [0, 0.1) is 21.8 Å². The van der Waals surface area contributed by atoms with Gasteiger partial charge in [0.05, 0.1) is 0 Å². The van der Waals surface area contributed by atoms with Crippen LogP contribution in [0.2, 0.25) is 0 Å². The van der Waals surface area contributed by atoms with E-state index in [9.17, 15) is 0 Å². The van der Waals surface area contributed by atoms with Crippen LogP contribution in [0.25, 0.3) is 0 Å². The van der Waals surface area contributed by atoms with E-state index >= 15 is 0 Å². The van der Waals surface area contributed by atoms with E-state index in [1.807, 2.05) is 48.6 Å². The van der Waals surface area contributed by atoms with Crippen molar-refractivity contribution in [3.05, 3.63) is 21.8 Å². The molecule has 15 heavy (non-hydrogen) atoms. The third-order valence-corrected chi connectivity index (χ3v) is 0.677. The normalized spacial score (nSPS) is 4.80. The predicted molar refractivity (Wildman–Crippen MR) is 75.4 cm³/mol. The Kier molecular flexibility index (Phi) is 310. The summed E-state index contributed by atoms with van der Waals surface area (Å²) in [6.45, 7) is 16.8. The second-order valence-electron chi connectivity index (χ2n) is 1.31. The standard InChI is InChI=1S/C5H12N.3C2H6.2CH3.K/c1-3-4-5-6-2;3*1-2;;;/h6H,1,3-5H2,2H3;3*1-2H3;2*1H3;/q-1;;;;2*-1;+1. The van der Waals surface area contributed by atoms with E-state index in [1.165, 1.54) is 6.42 Å². The van der Waals surface area contributed by atoms with Gasteiger partial charge in [0.15, 0.2) is 0 Å². The number of unbranched alkanes of at least 4 members (excludes halogenated alkanes) is 1. The molecule has 0 rings (SSSR count). The van der Waals surface area contributed by atoms with Crippen molar-refractivity contribution < 1.29 is 51.4 Å². The molecule has 0 aromatic heterocycles. The zero-order valence-electron chi connectivity index (χ0n) is 13.3. The molecule has 0 radical (unpaired) electrons. The molecule has 0 aliphatic rings. The van der Waals surface area contributed by atoms with E-state index < -0.39 is 0 Å². The Morgan fingerprint density at radius 3 is 1.20 bits per heavy atom. The Labute approximate surface area is 145 Å². The summed E-state index contributed by atoms with van der Waals surface area (Å²) >= 11 is 0. The fraction of sp³-hybridized carbons (Fsp3) is 0.769. The maximum atomic E-state index is 3.68. The molecule has 0 aliphatic carbocycles. The molecule has 96 valence electrons. The van der Waals surface area contributed by atoms with Crippen LogP contribution in [0.4, 0.5) is 0 Å². The van der Waals surface area contributed by atoms with Gasteiger partial charge in [-0.25, -0.2) is 0 Å². The Balaban J connectivity index is -0.0000000126. The van der Waals surface area contributed by atoms with Crippen molar-refractivity contribution in [1.29, 1.82) is 0 Å². The smallest absolute Gasteiger partial charge is 0.358 e. The first-order chi connectivity index (χ1) is 5.91. The van der Waals surface area contributed by atoms with E-state index in [1.54, 1.807) is 0 Å². The maximum Gasteiger partial charge on any atom is 1.00 e. The fourth-order valence-electron chi connectivity index (χ4n) is 0.302. The molecule has 0 bridgehead atoms. The van der Waals surface area contributed by atoms with Crippen LogP contribution in [-0.2, 0) is 0 Å². The van der Waals surface area contributed by atoms with Crippen molar-refractivity contribution in [2.24, 2.45) is 0 Å². The summed E-state index contributed by atoms with van der Waals surface area (Å²) in [5.41, 5.74) is 0. The molecule has 0 aromatic rings. The van der Waals surface area contributed by atoms with Crippen molar-refractivity contribution in [1.82, 2.24) is 5.32 Å². The van der Waals surface area contributed by atoms with Crippen molar-refractivity contribution >= 4 is 0 Å². The van der Waals surface area contributed by atoms with Gasteiger partial charge in [0.1, 0.15) is 0 Å². The van der Waals surface area contributed by atoms with Gasteiger partial charge in [-0.15, -0.1) is 0 Å². The van der Waals surface area contributed by atoms with E-state index in [-0.39, 0.29) is 66.2 Å². The molecule has 0 atom stereocenters. The molecule has 0 saturated heterocycles. The van der Waals surface area contributed by atoms with Crippen LogP contribution in [0.3, 0.4) is 0 Å². The largest absolute Gasteiger partial charge is 1.00 e. The first-order valence-electron chi connectivity index (χ1n) is 5.35. The number of hydrogen-bond acceptors (Lipinski definition) is 1. The van der Waals surface area contributed by atoms with Crippen molar-refractivity contribution in [3.63, 3.8) is 0 Å². The van der Waals surface area contributed by atoms with Crippen LogP contribution < -0.4 is 56.7 Å². The monoisotopic (exact) mass is 245 g/mol. The zero-order valence-corrected chi connectivity index (χ0v) is 16.5. The minimum atomic E-state index is 0. The van der Waals surface area contributed by atoms with Crippen molar-refractivity contribution in [3.8, 4) is 0 Å². The molecule has 0 heterocycles. The van der Waals surface area contributed by atoms with Gasteiger partial charge in [0.25, 0.3) is 0 Å². The van der Waals surface area contributed by atoms with Crippen LogP contribution in [0.5, 0.6) is 0 Å². The van der Waals surface area contributed by atoms with E-state index in [0.717, 1.165) is 13.0 Å². The van der Waals surface area contributed by atoms with E-state index in [2.05, 4.69) is 12.2 Å². The average Bonchev–Trinajstić information content (AvgIpc) is 2.24. The molecule has 0 aromatic carbocycles. The molecule has 0 amide bonds. The topological polar surface area (TPSA) is 12.0 Å². The summed E-state index contributed by atoms with van der Waals surface area (Å²) in [4.78, 5) is 0. The van der Waals surface area contributed by atoms with Crippen LogP contribution in [-0.4, -0.2) is 13.6 Å². The summed E-state index contributed by atoms with van der Waals surface area (Å²) in [6, 6.07) is 0. The first-order valence-corrected chi connectivity index (χ1v) is 5.35. The van der Waals surface area contributed by atoms with Gasteiger partial charge in [-0.1, -0.05) is 48.0 Å². The fourth-order valence-corrected chi connectivity index (χ4v) is 0.302. The van der Waals surface area contributed by atoms with Gasteiger partial charge in [-0.05, 0) is 13.6 Å². The van der Waals surface area contributed by atoms with Gasteiger partial charge < -0.3 is 27.1 Å². The van der Waals surface area contributed by atoms with Crippen LogP contribution in [0.1, 0.15) is 54.4 Å². The van der Waals surface area contributed by atoms with Gasteiger partial charge in [0.2, 0.25) is 0 Å². The third kappa shape index (κ3) is 136. The molecule has 0 unspecified atom stereocenters. The number of rotatable bonds is 3. The van der Waals surface area contributed by atoms with Crippen molar-refractivity contribution in [2.75, 3.05) is 13.6 Å². The minimum absolute atomic E-state index is 0.